The number of hydrogen-bond donors (Lipinski definition) is 2. The number of pyridine rings is 1. The highest BCUT2D eigenvalue weighted by atomic mass is 32.2. The number of carbonyl (C=O) groups is 4. The molecule has 6 aliphatic rings. The second-order valence-corrected chi connectivity index (χ2v) is 21.1. The minimum absolute atomic E-state index is 0.0905. The normalized spacial score (nSPS) is 30.4. The number of morpholine rings is 1. The molecule has 2 N–H and O–H groups in total. The Labute approximate surface area is 347 Å². The van der Waals surface area contributed by atoms with E-state index in [0.717, 1.165) is 54.5 Å². The predicted octanol–water partition coefficient (Wildman–Crippen LogP) is 4.47. The number of esters is 1. The van der Waals surface area contributed by atoms with Crippen LogP contribution in [0.4, 0.5) is 0 Å². The predicted molar refractivity (Wildman–Crippen MR) is 219 cm³/mol. The van der Waals surface area contributed by atoms with E-state index in [1.54, 1.807) is 32.6 Å². The molecule has 59 heavy (non-hydrogen) atoms. The van der Waals surface area contributed by atoms with Crippen molar-refractivity contribution in [2.45, 2.75) is 139 Å². The molecule has 2 aliphatic carbocycles. The average Bonchev–Trinajstić information content (AvgIpc) is 4.08. The molecule has 4 fully saturated rings. The Hall–Kier alpha value is -4.08. The molecule has 15 heteroatoms. The zero-order valence-corrected chi connectivity index (χ0v) is 35.7. The minimum atomic E-state index is -3.99. The van der Waals surface area contributed by atoms with Gasteiger partial charge in [0.1, 0.15) is 28.5 Å². The summed E-state index contributed by atoms with van der Waals surface area (Å²) in [7, 11) is -3.99. The maximum absolute atomic E-state index is 15.0. The van der Waals surface area contributed by atoms with Gasteiger partial charge in [-0.15, -0.1) is 0 Å². The van der Waals surface area contributed by atoms with Gasteiger partial charge in [0.25, 0.3) is 5.91 Å². The molecule has 1 spiro atoms. The number of ether oxygens (including phenoxy) is 3. The summed E-state index contributed by atoms with van der Waals surface area (Å²) in [5.74, 6) is -2.63. The van der Waals surface area contributed by atoms with Gasteiger partial charge in [-0.3, -0.25) is 28.8 Å². The Morgan fingerprint density at radius 1 is 1.05 bits per heavy atom. The molecule has 1 aromatic carbocycles. The smallest absolute Gasteiger partial charge is 0.307 e. The molecule has 3 amide bonds. The van der Waals surface area contributed by atoms with Crippen LogP contribution in [-0.4, -0.2) is 107 Å². The number of amides is 3. The maximum atomic E-state index is 15.0. The lowest BCUT2D eigenvalue weighted by Gasteiger charge is -2.37. The number of sulfonamides is 1. The Kier molecular flexibility index (Phi) is 11.1. The lowest BCUT2D eigenvalue weighted by Crippen LogP contribution is -2.57. The molecule has 0 unspecified atom stereocenters. The van der Waals surface area contributed by atoms with Crippen molar-refractivity contribution in [2.24, 2.45) is 11.8 Å². The molecule has 0 bridgehead atoms. The summed E-state index contributed by atoms with van der Waals surface area (Å²) in [4.78, 5) is 66.2. The molecule has 14 nitrogen and oxygen atoms in total. The van der Waals surface area contributed by atoms with E-state index < -0.39 is 67.2 Å². The summed E-state index contributed by atoms with van der Waals surface area (Å²) in [5, 5.41) is 4.00. The number of rotatable bonds is 7. The van der Waals surface area contributed by atoms with E-state index in [1.807, 2.05) is 36.4 Å². The van der Waals surface area contributed by atoms with Gasteiger partial charge in [0.15, 0.2) is 0 Å². The third-order valence-electron chi connectivity index (χ3n) is 13.2. The third kappa shape index (κ3) is 8.61. The van der Waals surface area contributed by atoms with E-state index in [4.69, 9.17) is 19.2 Å². The van der Waals surface area contributed by atoms with Crippen LogP contribution in [0.5, 0.6) is 5.75 Å². The van der Waals surface area contributed by atoms with Gasteiger partial charge in [0, 0.05) is 48.8 Å². The summed E-state index contributed by atoms with van der Waals surface area (Å²) in [6.07, 6.45) is 9.67. The first-order valence-corrected chi connectivity index (χ1v) is 23.0. The first kappa shape index (κ1) is 41.6. The minimum Gasteiger partial charge on any atom is -0.483 e. The summed E-state index contributed by atoms with van der Waals surface area (Å²) in [6, 6.07) is 6.96. The van der Waals surface area contributed by atoms with Gasteiger partial charge in [-0.1, -0.05) is 43.2 Å². The van der Waals surface area contributed by atoms with E-state index in [9.17, 15) is 27.6 Å². The van der Waals surface area contributed by atoms with Crippen molar-refractivity contribution in [3.8, 4) is 5.75 Å². The summed E-state index contributed by atoms with van der Waals surface area (Å²) in [6.45, 7) is 10.4. The molecule has 1 aromatic heterocycles. The third-order valence-corrected chi connectivity index (χ3v) is 15.4. The van der Waals surface area contributed by atoms with Crippen molar-refractivity contribution in [1.82, 2.24) is 24.8 Å². The first-order chi connectivity index (χ1) is 28.0. The summed E-state index contributed by atoms with van der Waals surface area (Å²) in [5.41, 5.74) is -0.508. The molecular weight excluding hydrogens is 775 g/mol. The number of nitrogens with zero attached hydrogens (tertiary/aromatic N) is 3. The zero-order chi connectivity index (χ0) is 41.8. The molecule has 2 aromatic rings. The van der Waals surface area contributed by atoms with Crippen LogP contribution in [0.1, 0.15) is 110 Å². The molecular formula is C44H59N5O9S. The fourth-order valence-electron chi connectivity index (χ4n) is 9.34. The molecule has 0 radical (unpaired) electrons. The molecule has 5 atom stereocenters. The number of fused-ring (bicyclic) bond motifs is 5. The monoisotopic (exact) mass is 833 g/mol. The van der Waals surface area contributed by atoms with E-state index >= 15 is 0 Å². The number of aromatic nitrogens is 1. The van der Waals surface area contributed by atoms with E-state index in [0.29, 0.717) is 64.0 Å². The molecule has 5 heterocycles. The Balaban J connectivity index is 1.15. The molecule has 4 aliphatic heterocycles. The largest absolute Gasteiger partial charge is 0.483 e. The van der Waals surface area contributed by atoms with E-state index in [-0.39, 0.29) is 31.7 Å². The average molecular weight is 834 g/mol. The highest BCUT2D eigenvalue weighted by Gasteiger charge is 2.64. The number of nitrogens with one attached hydrogen (secondary N) is 2. The Morgan fingerprint density at radius 3 is 2.56 bits per heavy atom. The standard InChI is InChI=1S/C44H59N5O9S/c1-41(2,3)57-36(50)24-29-12-8-6-5-7-9-13-30-25-44(30,40(53)47-59(54,55)42(4)18-19-42)46-38(51)35-26-43(28-49(35)39(29)52)17-16-32-31-14-10-11-15-33(31)45-34(37(32)58-43)27-48-20-22-56-23-21-48/h9-11,13-15,29-30,35H,5-8,12,16-28H2,1-4H3,(H,46,51)(H,47,53)/b13-9-/t29-,30-,35+,43-,44-/m1/s1. The molecule has 8 rings (SSSR count). The fourth-order valence-corrected chi connectivity index (χ4v) is 10.7. The van der Waals surface area contributed by atoms with Crippen LogP contribution in [0.15, 0.2) is 36.4 Å². The van der Waals surface area contributed by atoms with Gasteiger partial charge in [-0.05, 0) is 85.1 Å². The number of benzene rings is 1. The van der Waals surface area contributed by atoms with Crippen LogP contribution in [0.25, 0.3) is 10.9 Å². The molecule has 320 valence electrons. The fraction of sp³-hybridized carbons (Fsp3) is 0.659. The van der Waals surface area contributed by atoms with Crippen LogP contribution < -0.4 is 14.8 Å². The van der Waals surface area contributed by atoms with Crippen molar-refractivity contribution >= 4 is 44.6 Å². The topological polar surface area (TPSA) is 174 Å². The van der Waals surface area contributed by atoms with Crippen molar-refractivity contribution in [1.29, 1.82) is 0 Å². The maximum Gasteiger partial charge on any atom is 0.307 e. The van der Waals surface area contributed by atoms with Crippen LogP contribution in [0.2, 0.25) is 0 Å². The van der Waals surface area contributed by atoms with Crippen LogP contribution >= 0.6 is 0 Å². The second-order valence-electron chi connectivity index (χ2n) is 19.0. The number of aryl methyl sites for hydroxylation is 1. The van der Waals surface area contributed by atoms with E-state index in [1.165, 1.54) is 0 Å². The number of para-hydroxylation sites is 1. The summed E-state index contributed by atoms with van der Waals surface area (Å²) < 4.78 is 46.4. The highest BCUT2D eigenvalue weighted by molar-refractivity contribution is 7.91. The molecule has 2 saturated heterocycles. The van der Waals surface area contributed by atoms with Gasteiger partial charge in [-0.25, -0.2) is 13.4 Å². The van der Waals surface area contributed by atoms with Crippen molar-refractivity contribution in [3.05, 3.63) is 47.7 Å². The quantitative estimate of drug-likeness (QED) is 0.298. The van der Waals surface area contributed by atoms with Crippen LogP contribution in [0, 0.1) is 11.8 Å². The van der Waals surface area contributed by atoms with E-state index in [2.05, 4.69) is 14.9 Å². The lowest BCUT2D eigenvalue weighted by atomic mass is 9.87. The van der Waals surface area contributed by atoms with Crippen molar-refractivity contribution in [2.75, 3.05) is 32.8 Å². The SMILES string of the molecule is CC(C)(C)OC(=O)C[C@H]1CCCCC/C=C\[C@@H]2C[C@@]2(C(=O)NS(=O)(=O)C2(C)CC2)NC(=O)[C@@H]2C[C@]3(CCc4c(c(CN5CCOCC5)nc5ccccc45)O3)CN2C1=O. The number of hydrogen-bond acceptors (Lipinski definition) is 11. The lowest BCUT2D eigenvalue weighted by molar-refractivity contribution is -0.159. The number of carbonyl (C=O) groups excluding carboxylic acids is 4. The van der Waals surface area contributed by atoms with Gasteiger partial charge in [0.05, 0.1) is 42.1 Å². The first-order valence-electron chi connectivity index (χ1n) is 21.5. The van der Waals surface area contributed by atoms with Crippen LogP contribution in [-0.2, 0) is 51.6 Å². The van der Waals surface area contributed by atoms with Crippen molar-refractivity contribution in [3.63, 3.8) is 0 Å². The Bertz CT molecular complexity index is 2140. The highest BCUT2D eigenvalue weighted by Crippen LogP contribution is 2.49. The Morgan fingerprint density at radius 2 is 1.81 bits per heavy atom. The second kappa shape index (κ2) is 15.7. The van der Waals surface area contributed by atoms with Gasteiger partial charge in [-0.2, -0.15) is 0 Å². The van der Waals surface area contributed by atoms with Gasteiger partial charge >= 0.3 is 5.97 Å². The van der Waals surface area contributed by atoms with Gasteiger partial charge < -0.3 is 24.4 Å². The zero-order valence-electron chi connectivity index (χ0n) is 34.8. The van der Waals surface area contributed by atoms with Crippen molar-refractivity contribution < 1.29 is 41.8 Å². The molecule has 2 saturated carbocycles. The summed E-state index contributed by atoms with van der Waals surface area (Å²) >= 11 is 0. The van der Waals surface area contributed by atoms with Gasteiger partial charge in [0.2, 0.25) is 21.8 Å². The number of allylic oxidation sites excluding steroid dienone is 1. The van der Waals surface area contributed by atoms with Crippen LogP contribution in [0.3, 0.4) is 0 Å².